The van der Waals surface area contributed by atoms with Gasteiger partial charge in [-0.05, 0) is 13.8 Å². The van der Waals surface area contributed by atoms with Crippen LogP contribution in [0.1, 0.15) is 13.8 Å². The molecule has 0 spiro atoms. The molecule has 7 heteroatoms. The van der Waals surface area contributed by atoms with Crippen molar-refractivity contribution in [2.75, 3.05) is 14.2 Å². The topological polar surface area (TPSA) is 97.6 Å². The number of methoxy groups -OCH3 is 2. The molecular weight excluding hydrogens is 220 g/mol. The summed E-state index contributed by atoms with van der Waals surface area (Å²) in [4.78, 5) is 0. The molecule has 0 aliphatic carbocycles. The second kappa shape index (κ2) is 7.91. The maximum Gasteiger partial charge on any atom is 0.269 e. The SMILES string of the molecule is COC(O)OC(C)C(O)OC(C)C(O)OC. The van der Waals surface area contributed by atoms with Crippen LogP contribution in [0.25, 0.3) is 0 Å². The lowest BCUT2D eigenvalue weighted by Crippen LogP contribution is -2.39. The van der Waals surface area contributed by atoms with Gasteiger partial charge in [0.05, 0.1) is 0 Å². The molecule has 0 bridgehead atoms. The Morgan fingerprint density at radius 3 is 1.69 bits per heavy atom. The van der Waals surface area contributed by atoms with Crippen molar-refractivity contribution in [1.29, 1.82) is 0 Å². The summed E-state index contributed by atoms with van der Waals surface area (Å²) in [6.45, 7) is 1.58. The molecule has 0 saturated carbocycles. The Kier molecular flexibility index (Phi) is 7.77. The lowest BCUT2D eigenvalue weighted by Gasteiger charge is -2.26. The van der Waals surface area contributed by atoms with Gasteiger partial charge in [-0.15, -0.1) is 0 Å². The summed E-state index contributed by atoms with van der Waals surface area (Å²) in [6.07, 6.45) is -4.01. The lowest BCUT2D eigenvalue weighted by molar-refractivity contribution is -0.313. The molecule has 16 heavy (non-hydrogen) atoms. The van der Waals surface area contributed by atoms with Crippen LogP contribution in [0.5, 0.6) is 0 Å². The highest BCUT2D eigenvalue weighted by atomic mass is 16.8. The third kappa shape index (κ3) is 5.71. The molecule has 0 saturated heterocycles. The van der Waals surface area contributed by atoms with Crippen molar-refractivity contribution in [2.45, 2.75) is 45.1 Å². The molecule has 3 N–H and O–H groups in total. The number of rotatable bonds is 8. The van der Waals surface area contributed by atoms with E-state index in [9.17, 15) is 10.2 Å². The number of aliphatic hydroxyl groups excluding tert-OH is 3. The first-order chi connectivity index (χ1) is 7.42. The summed E-state index contributed by atoms with van der Waals surface area (Å²) in [7, 11) is 2.56. The van der Waals surface area contributed by atoms with E-state index in [-0.39, 0.29) is 0 Å². The average molecular weight is 240 g/mol. The second-order valence-corrected chi connectivity index (χ2v) is 3.24. The van der Waals surface area contributed by atoms with Crippen molar-refractivity contribution < 1.29 is 34.3 Å². The Hall–Kier alpha value is -0.280. The zero-order valence-corrected chi connectivity index (χ0v) is 9.86. The van der Waals surface area contributed by atoms with Gasteiger partial charge in [-0.3, -0.25) is 0 Å². The Balaban J connectivity index is 3.99. The van der Waals surface area contributed by atoms with Gasteiger partial charge in [-0.2, -0.15) is 0 Å². The van der Waals surface area contributed by atoms with Gasteiger partial charge >= 0.3 is 0 Å². The van der Waals surface area contributed by atoms with E-state index in [1.165, 1.54) is 28.1 Å². The Morgan fingerprint density at radius 1 is 0.750 bits per heavy atom. The highest BCUT2D eigenvalue weighted by molar-refractivity contribution is 4.59. The maximum absolute atomic E-state index is 9.50. The van der Waals surface area contributed by atoms with Crippen LogP contribution < -0.4 is 0 Å². The minimum absolute atomic E-state index is 0.731. The Labute approximate surface area is 94.5 Å². The number of ether oxygens (including phenoxy) is 4. The van der Waals surface area contributed by atoms with Crippen LogP contribution in [0.3, 0.4) is 0 Å². The van der Waals surface area contributed by atoms with Gasteiger partial charge in [0.2, 0.25) is 0 Å². The Morgan fingerprint density at radius 2 is 1.25 bits per heavy atom. The fourth-order valence-corrected chi connectivity index (χ4v) is 0.896. The fraction of sp³-hybridized carbons (Fsp3) is 1.00. The van der Waals surface area contributed by atoms with Crippen LogP contribution in [0.2, 0.25) is 0 Å². The van der Waals surface area contributed by atoms with Crippen LogP contribution in [0.15, 0.2) is 0 Å². The molecule has 98 valence electrons. The normalized spacial score (nSPS) is 21.2. The molecule has 0 aromatic carbocycles. The van der Waals surface area contributed by atoms with E-state index in [4.69, 9.17) is 14.6 Å². The highest BCUT2D eigenvalue weighted by Crippen LogP contribution is 2.09. The van der Waals surface area contributed by atoms with E-state index < -0.39 is 31.3 Å². The summed E-state index contributed by atoms with van der Waals surface area (Å²) < 4.78 is 18.8. The first kappa shape index (κ1) is 15.7. The van der Waals surface area contributed by atoms with Gasteiger partial charge in [-0.25, -0.2) is 0 Å². The molecule has 0 fully saturated rings. The summed E-state index contributed by atoms with van der Waals surface area (Å²) >= 11 is 0. The van der Waals surface area contributed by atoms with Gasteiger partial charge < -0.3 is 34.3 Å². The Bertz CT molecular complexity index is 177. The minimum atomic E-state index is -1.43. The maximum atomic E-state index is 9.50. The van der Waals surface area contributed by atoms with Crippen LogP contribution >= 0.6 is 0 Å². The zero-order chi connectivity index (χ0) is 12.7. The molecule has 0 aromatic rings. The molecule has 7 nitrogen and oxygen atoms in total. The van der Waals surface area contributed by atoms with Gasteiger partial charge in [0.1, 0.15) is 12.2 Å². The quantitative estimate of drug-likeness (QED) is 0.468. The first-order valence-corrected chi connectivity index (χ1v) is 4.83. The van der Waals surface area contributed by atoms with E-state index >= 15 is 0 Å². The van der Waals surface area contributed by atoms with Crippen LogP contribution in [0.4, 0.5) is 0 Å². The van der Waals surface area contributed by atoms with Crippen molar-refractivity contribution in [1.82, 2.24) is 0 Å². The number of hydrogen-bond donors (Lipinski definition) is 3. The van der Waals surface area contributed by atoms with E-state index in [1.807, 2.05) is 0 Å². The third-order valence-electron chi connectivity index (χ3n) is 1.93. The van der Waals surface area contributed by atoms with Gasteiger partial charge in [0.25, 0.3) is 6.48 Å². The molecule has 5 atom stereocenters. The van der Waals surface area contributed by atoms with Gasteiger partial charge in [0, 0.05) is 14.2 Å². The third-order valence-corrected chi connectivity index (χ3v) is 1.93. The molecule has 0 aliphatic heterocycles. The minimum Gasteiger partial charge on any atom is -0.366 e. The molecule has 0 aliphatic rings. The average Bonchev–Trinajstić information content (AvgIpc) is 2.27. The van der Waals surface area contributed by atoms with E-state index in [1.54, 1.807) is 0 Å². The van der Waals surface area contributed by atoms with E-state index in [0.29, 0.717) is 0 Å². The fourth-order valence-electron chi connectivity index (χ4n) is 0.896. The van der Waals surface area contributed by atoms with E-state index in [0.717, 1.165) is 0 Å². The standard InChI is InChI=1S/C9H20O7/c1-5(7(10)13-3)15-8(11)6(2)16-9(12)14-4/h5-12H,1-4H3. The first-order valence-electron chi connectivity index (χ1n) is 4.83. The van der Waals surface area contributed by atoms with Crippen LogP contribution in [-0.2, 0) is 18.9 Å². The van der Waals surface area contributed by atoms with Crippen molar-refractivity contribution >= 4 is 0 Å². The molecule has 5 unspecified atom stereocenters. The van der Waals surface area contributed by atoms with Gasteiger partial charge in [-0.1, -0.05) is 0 Å². The lowest BCUT2D eigenvalue weighted by atomic mass is 10.3. The predicted octanol–water partition coefficient (Wildman–Crippen LogP) is -0.998. The summed E-state index contributed by atoms with van der Waals surface area (Å²) in [6, 6.07) is 0. The summed E-state index contributed by atoms with van der Waals surface area (Å²) in [5, 5.41) is 27.7. The second-order valence-electron chi connectivity index (χ2n) is 3.24. The van der Waals surface area contributed by atoms with Crippen LogP contribution in [0, 0.1) is 0 Å². The van der Waals surface area contributed by atoms with E-state index in [2.05, 4.69) is 9.47 Å². The summed E-state index contributed by atoms with van der Waals surface area (Å²) in [5.41, 5.74) is 0. The number of hydrogen-bond acceptors (Lipinski definition) is 7. The van der Waals surface area contributed by atoms with Crippen molar-refractivity contribution in [3.63, 3.8) is 0 Å². The molecule has 0 radical (unpaired) electrons. The zero-order valence-electron chi connectivity index (χ0n) is 9.86. The predicted molar refractivity (Wildman–Crippen MR) is 53.1 cm³/mol. The molecule has 0 aromatic heterocycles. The molecule has 0 amide bonds. The van der Waals surface area contributed by atoms with Crippen molar-refractivity contribution in [2.24, 2.45) is 0 Å². The molecule has 0 heterocycles. The molecular formula is C9H20O7. The van der Waals surface area contributed by atoms with Crippen molar-refractivity contribution in [3.8, 4) is 0 Å². The van der Waals surface area contributed by atoms with Crippen LogP contribution in [-0.4, -0.2) is 60.8 Å². The monoisotopic (exact) mass is 240 g/mol. The summed E-state index contributed by atoms with van der Waals surface area (Å²) in [5.74, 6) is 0. The highest BCUT2D eigenvalue weighted by Gasteiger charge is 2.24. The smallest absolute Gasteiger partial charge is 0.269 e. The number of aliphatic hydroxyl groups is 3. The van der Waals surface area contributed by atoms with Crippen molar-refractivity contribution in [3.05, 3.63) is 0 Å². The largest absolute Gasteiger partial charge is 0.366 e. The van der Waals surface area contributed by atoms with Gasteiger partial charge in [0.15, 0.2) is 12.6 Å². The molecule has 0 rings (SSSR count).